The van der Waals surface area contributed by atoms with E-state index < -0.39 is 0 Å². The number of carbonyl (C=O) groups excluding carboxylic acids is 1. The molecule has 0 aliphatic carbocycles. The van der Waals surface area contributed by atoms with Gasteiger partial charge in [-0.1, -0.05) is 12.1 Å². The summed E-state index contributed by atoms with van der Waals surface area (Å²) in [7, 11) is 0. The quantitative estimate of drug-likeness (QED) is 0.784. The highest BCUT2D eigenvalue weighted by Gasteiger charge is 2.34. The van der Waals surface area contributed by atoms with E-state index in [2.05, 4.69) is 5.10 Å². The lowest BCUT2D eigenvalue weighted by Crippen LogP contribution is -2.26. The van der Waals surface area contributed by atoms with Crippen molar-refractivity contribution in [1.82, 2.24) is 5.01 Å². The van der Waals surface area contributed by atoms with Crippen LogP contribution in [-0.4, -0.2) is 21.7 Å². The van der Waals surface area contributed by atoms with Gasteiger partial charge in [0.1, 0.15) is 5.75 Å². The summed E-state index contributed by atoms with van der Waals surface area (Å²) in [5.41, 5.74) is 2.70. The number of carbonyl (C=O) groups is 1. The molecule has 1 aliphatic rings. The number of phenols is 1. The molecule has 1 atom stereocenters. The zero-order chi connectivity index (χ0) is 16.5. The Labute approximate surface area is 142 Å². The van der Waals surface area contributed by atoms with Crippen molar-refractivity contribution in [3.8, 4) is 5.75 Å². The Bertz CT molecular complexity index is 885. The third-order valence-corrected chi connectivity index (χ3v) is 4.64. The molecule has 5 nitrogen and oxygen atoms in total. The summed E-state index contributed by atoms with van der Waals surface area (Å²) in [5.74, 6) is 0.121. The predicted molar refractivity (Wildman–Crippen MR) is 91.2 cm³/mol. The average Bonchev–Trinajstić information content (AvgIpc) is 3.34. The van der Waals surface area contributed by atoms with Crippen molar-refractivity contribution in [1.29, 1.82) is 0 Å². The van der Waals surface area contributed by atoms with E-state index in [-0.39, 0.29) is 23.5 Å². The Hall–Kier alpha value is -2.86. The van der Waals surface area contributed by atoms with Gasteiger partial charge in [0.05, 0.1) is 18.0 Å². The van der Waals surface area contributed by atoms with Crippen molar-refractivity contribution in [2.24, 2.45) is 5.10 Å². The van der Waals surface area contributed by atoms with Gasteiger partial charge in [-0.25, -0.2) is 5.01 Å². The fourth-order valence-electron chi connectivity index (χ4n) is 2.81. The second-order valence-corrected chi connectivity index (χ2v) is 6.28. The minimum Gasteiger partial charge on any atom is -0.508 e. The molecular formula is C18H14N2O3S. The van der Waals surface area contributed by atoms with E-state index in [0.717, 1.165) is 16.8 Å². The number of amides is 1. The Morgan fingerprint density at radius 3 is 2.92 bits per heavy atom. The van der Waals surface area contributed by atoms with E-state index in [9.17, 15) is 9.90 Å². The summed E-state index contributed by atoms with van der Waals surface area (Å²) in [5, 5.41) is 19.8. The lowest BCUT2D eigenvalue weighted by atomic mass is 9.99. The van der Waals surface area contributed by atoms with Crippen LogP contribution in [0.4, 0.5) is 0 Å². The van der Waals surface area contributed by atoms with Crippen LogP contribution < -0.4 is 0 Å². The first-order valence-corrected chi connectivity index (χ1v) is 8.43. The van der Waals surface area contributed by atoms with E-state index in [1.54, 1.807) is 41.7 Å². The normalized spacial score (nSPS) is 17.1. The molecule has 6 heteroatoms. The topological polar surface area (TPSA) is 66.0 Å². The van der Waals surface area contributed by atoms with Crippen molar-refractivity contribution in [2.75, 3.05) is 0 Å². The monoisotopic (exact) mass is 338 g/mol. The van der Waals surface area contributed by atoms with Gasteiger partial charge >= 0.3 is 5.91 Å². The minimum absolute atomic E-state index is 0.168. The van der Waals surface area contributed by atoms with Crippen LogP contribution in [-0.2, 0) is 0 Å². The molecule has 0 radical (unpaired) electrons. The van der Waals surface area contributed by atoms with Gasteiger partial charge in [-0.05, 0) is 46.7 Å². The molecule has 1 aromatic carbocycles. The smallest absolute Gasteiger partial charge is 0.310 e. The van der Waals surface area contributed by atoms with Gasteiger partial charge < -0.3 is 9.52 Å². The van der Waals surface area contributed by atoms with Gasteiger partial charge in [0.2, 0.25) is 0 Å². The van der Waals surface area contributed by atoms with Crippen LogP contribution in [0.1, 0.15) is 34.1 Å². The van der Waals surface area contributed by atoms with Gasteiger partial charge in [-0.15, -0.1) is 0 Å². The number of rotatable bonds is 3. The maximum Gasteiger partial charge on any atom is 0.310 e. The summed E-state index contributed by atoms with van der Waals surface area (Å²) < 4.78 is 5.23. The lowest BCUT2D eigenvalue weighted by molar-refractivity contribution is 0.0678. The van der Waals surface area contributed by atoms with Crippen molar-refractivity contribution in [3.63, 3.8) is 0 Å². The predicted octanol–water partition coefficient (Wildman–Crippen LogP) is 4.04. The SMILES string of the molecule is O=C(c1ccco1)N1N=C(c2ccsc2)C[C@@H]1c1cccc(O)c1. The molecule has 1 amide bonds. The number of hydrogen-bond acceptors (Lipinski definition) is 5. The molecule has 0 unspecified atom stereocenters. The molecule has 4 rings (SSSR count). The number of thiophene rings is 1. The lowest BCUT2D eigenvalue weighted by Gasteiger charge is -2.21. The zero-order valence-corrected chi connectivity index (χ0v) is 13.4. The largest absolute Gasteiger partial charge is 0.508 e. The molecule has 2 aromatic heterocycles. The molecule has 24 heavy (non-hydrogen) atoms. The van der Waals surface area contributed by atoms with E-state index >= 15 is 0 Å². The van der Waals surface area contributed by atoms with Crippen molar-refractivity contribution >= 4 is 23.0 Å². The fraction of sp³-hybridized carbons (Fsp3) is 0.111. The third-order valence-electron chi connectivity index (χ3n) is 3.96. The number of hydrazone groups is 1. The summed E-state index contributed by atoms with van der Waals surface area (Å²) in [6, 6.07) is 11.9. The summed E-state index contributed by atoms with van der Waals surface area (Å²) in [6.07, 6.45) is 2.06. The van der Waals surface area contributed by atoms with Gasteiger partial charge in [-0.2, -0.15) is 16.4 Å². The number of benzene rings is 1. The molecule has 1 aliphatic heterocycles. The number of nitrogens with zero attached hydrogens (tertiary/aromatic N) is 2. The van der Waals surface area contributed by atoms with E-state index in [0.29, 0.717) is 6.42 Å². The summed E-state index contributed by atoms with van der Waals surface area (Å²) in [4.78, 5) is 12.8. The first-order chi connectivity index (χ1) is 11.7. The number of furan rings is 1. The highest BCUT2D eigenvalue weighted by molar-refractivity contribution is 7.08. The molecule has 0 saturated heterocycles. The van der Waals surface area contributed by atoms with Crippen molar-refractivity contribution in [2.45, 2.75) is 12.5 Å². The van der Waals surface area contributed by atoms with E-state index in [4.69, 9.17) is 4.42 Å². The Kier molecular flexibility index (Phi) is 3.66. The van der Waals surface area contributed by atoms with Gasteiger partial charge in [0.25, 0.3) is 0 Å². The summed E-state index contributed by atoms with van der Waals surface area (Å²) in [6.45, 7) is 0. The molecule has 3 aromatic rings. The molecule has 0 spiro atoms. The molecular weight excluding hydrogens is 324 g/mol. The number of hydrogen-bond donors (Lipinski definition) is 1. The Balaban J connectivity index is 1.73. The molecule has 3 heterocycles. The first-order valence-electron chi connectivity index (χ1n) is 7.48. The molecule has 1 N–H and O–H groups in total. The van der Waals surface area contributed by atoms with Crippen LogP contribution in [0.25, 0.3) is 0 Å². The van der Waals surface area contributed by atoms with E-state index in [1.807, 2.05) is 22.9 Å². The Morgan fingerprint density at radius 2 is 2.21 bits per heavy atom. The second kappa shape index (κ2) is 5.98. The number of phenolic OH excluding ortho intramolecular Hbond substituents is 1. The minimum atomic E-state index is -0.293. The summed E-state index contributed by atoms with van der Waals surface area (Å²) >= 11 is 1.59. The molecule has 120 valence electrons. The van der Waals surface area contributed by atoms with Crippen LogP contribution in [0.3, 0.4) is 0 Å². The first kappa shape index (κ1) is 14.7. The standard InChI is InChI=1S/C18H14N2O3S/c21-14-4-1-3-12(9-14)16-10-15(13-6-8-24-11-13)19-20(16)18(22)17-5-2-7-23-17/h1-9,11,16,21H,10H2/t16-/m1/s1. The highest BCUT2D eigenvalue weighted by atomic mass is 32.1. The van der Waals surface area contributed by atoms with Crippen molar-refractivity contribution < 1.29 is 14.3 Å². The highest BCUT2D eigenvalue weighted by Crippen LogP contribution is 2.35. The van der Waals surface area contributed by atoms with E-state index in [1.165, 1.54) is 11.3 Å². The maximum atomic E-state index is 12.8. The second-order valence-electron chi connectivity index (χ2n) is 5.50. The zero-order valence-electron chi connectivity index (χ0n) is 12.6. The van der Waals surface area contributed by atoms with Crippen LogP contribution in [0.15, 0.2) is 69.0 Å². The molecule has 0 fully saturated rings. The van der Waals surface area contributed by atoms with Gasteiger partial charge in [0.15, 0.2) is 5.76 Å². The van der Waals surface area contributed by atoms with Crippen LogP contribution in [0.2, 0.25) is 0 Å². The molecule has 0 bridgehead atoms. The molecule has 0 saturated carbocycles. The van der Waals surface area contributed by atoms with Crippen LogP contribution in [0.5, 0.6) is 5.75 Å². The average molecular weight is 338 g/mol. The fourth-order valence-corrected chi connectivity index (χ4v) is 3.47. The van der Waals surface area contributed by atoms with Crippen molar-refractivity contribution in [3.05, 3.63) is 76.4 Å². The van der Waals surface area contributed by atoms with Crippen LogP contribution in [0, 0.1) is 0 Å². The van der Waals surface area contributed by atoms with Crippen LogP contribution >= 0.6 is 11.3 Å². The third kappa shape index (κ3) is 2.61. The Morgan fingerprint density at radius 1 is 1.29 bits per heavy atom. The van der Waals surface area contributed by atoms with Gasteiger partial charge in [-0.3, -0.25) is 4.79 Å². The van der Waals surface area contributed by atoms with Gasteiger partial charge in [0, 0.05) is 12.0 Å². The maximum absolute atomic E-state index is 12.8. The number of aromatic hydroxyl groups is 1.